The van der Waals surface area contributed by atoms with E-state index >= 15 is 0 Å². The first-order valence-electron chi connectivity index (χ1n) is 9.67. The number of aromatic nitrogens is 1. The topological polar surface area (TPSA) is 66.0 Å². The Labute approximate surface area is 164 Å². The molecule has 1 aromatic carbocycles. The Hall–Kier alpha value is -2.93. The first-order valence-corrected chi connectivity index (χ1v) is 9.67. The average Bonchev–Trinajstić information content (AvgIpc) is 3.04. The lowest BCUT2D eigenvalue weighted by atomic mass is 10.1. The number of anilines is 2. The first kappa shape index (κ1) is 18.4. The molecule has 3 heterocycles. The van der Waals surface area contributed by atoms with Crippen molar-refractivity contribution in [3.63, 3.8) is 0 Å². The zero-order chi connectivity index (χ0) is 19.5. The van der Waals surface area contributed by atoms with E-state index in [-0.39, 0.29) is 24.3 Å². The van der Waals surface area contributed by atoms with Crippen molar-refractivity contribution in [3.8, 4) is 5.75 Å². The van der Waals surface area contributed by atoms with E-state index in [9.17, 15) is 9.59 Å². The van der Waals surface area contributed by atoms with Gasteiger partial charge in [0, 0.05) is 32.4 Å². The number of nitrogens with zero attached hydrogens (tertiary/aromatic N) is 4. The summed E-state index contributed by atoms with van der Waals surface area (Å²) in [6.07, 6.45) is 2.02. The molecule has 146 valence electrons. The molecule has 4 rings (SSSR count). The van der Waals surface area contributed by atoms with Crippen molar-refractivity contribution in [2.45, 2.75) is 19.4 Å². The molecule has 0 aliphatic carbocycles. The van der Waals surface area contributed by atoms with Crippen LogP contribution in [0.4, 0.5) is 11.5 Å². The van der Waals surface area contributed by atoms with Crippen LogP contribution in [0.3, 0.4) is 0 Å². The highest BCUT2D eigenvalue weighted by Crippen LogP contribution is 2.28. The van der Waals surface area contributed by atoms with Crippen LogP contribution in [0.2, 0.25) is 0 Å². The summed E-state index contributed by atoms with van der Waals surface area (Å²) in [5.74, 6) is 1.39. The summed E-state index contributed by atoms with van der Waals surface area (Å²) >= 11 is 0. The van der Waals surface area contributed by atoms with E-state index in [1.165, 1.54) is 4.90 Å². The maximum atomic E-state index is 13.0. The smallest absolute Gasteiger partial charge is 0.251 e. The monoisotopic (exact) mass is 380 g/mol. The summed E-state index contributed by atoms with van der Waals surface area (Å²) in [4.78, 5) is 35.6. The van der Waals surface area contributed by atoms with Gasteiger partial charge in [0.1, 0.15) is 11.6 Å². The second-order valence-corrected chi connectivity index (χ2v) is 6.93. The van der Waals surface area contributed by atoms with Gasteiger partial charge in [-0.1, -0.05) is 6.07 Å². The second kappa shape index (κ2) is 7.98. The van der Waals surface area contributed by atoms with Crippen LogP contribution in [0.1, 0.15) is 13.3 Å². The molecule has 0 spiro atoms. The molecule has 2 saturated heterocycles. The van der Waals surface area contributed by atoms with Gasteiger partial charge >= 0.3 is 0 Å². The summed E-state index contributed by atoms with van der Waals surface area (Å²) in [6, 6.07) is 12.6. The van der Waals surface area contributed by atoms with Crippen LogP contribution in [0.25, 0.3) is 0 Å². The Bertz CT molecular complexity index is 832. The van der Waals surface area contributed by atoms with E-state index in [0.717, 1.165) is 37.7 Å². The van der Waals surface area contributed by atoms with Crippen molar-refractivity contribution >= 4 is 23.3 Å². The molecule has 1 unspecified atom stereocenters. The number of pyridine rings is 1. The number of imide groups is 1. The molecule has 0 radical (unpaired) electrons. The molecule has 1 aromatic heterocycles. The molecule has 2 amide bonds. The van der Waals surface area contributed by atoms with Crippen LogP contribution in [0.15, 0.2) is 48.7 Å². The number of benzene rings is 1. The summed E-state index contributed by atoms with van der Waals surface area (Å²) in [5, 5.41) is 0. The van der Waals surface area contributed by atoms with Gasteiger partial charge in [-0.05, 0) is 43.3 Å². The van der Waals surface area contributed by atoms with Crippen LogP contribution in [0.5, 0.6) is 5.75 Å². The van der Waals surface area contributed by atoms with E-state index in [0.29, 0.717) is 12.3 Å². The van der Waals surface area contributed by atoms with Crippen molar-refractivity contribution < 1.29 is 14.3 Å². The van der Waals surface area contributed by atoms with Gasteiger partial charge in [0.25, 0.3) is 5.91 Å². The molecule has 28 heavy (non-hydrogen) atoms. The molecule has 2 fully saturated rings. The van der Waals surface area contributed by atoms with Crippen molar-refractivity contribution in [2.75, 3.05) is 42.6 Å². The molecule has 0 bridgehead atoms. The zero-order valence-electron chi connectivity index (χ0n) is 16.0. The Kier molecular flexibility index (Phi) is 5.25. The average molecular weight is 380 g/mol. The van der Waals surface area contributed by atoms with Gasteiger partial charge in [0.05, 0.1) is 24.8 Å². The standard InChI is InChI=1S/C21H24N4O3/c1-2-28-17-8-6-16(7-9-17)25-20(26)15-18(21(25)27)23-11-13-24(14-12-23)19-5-3-4-10-22-19/h3-10,18H,2,11-15H2,1H3. The quantitative estimate of drug-likeness (QED) is 0.739. The lowest BCUT2D eigenvalue weighted by Crippen LogP contribution is -2.52. The third kappa shape index (κ3) is 3.57. The molecular weight excluding hydrogens is 356 g/mol. The first-order chi connectivity index (χ1) is 13.7. The zero-order valence-corrected chi connectivity index (χ0v) is 16.0. The molecule has 2 aliphatic heterocycles. The van der Waals surface area contributed by atoms with E-state index in [4.69, 9.17) is 4.74 Å². The van der Waals surface area contributed by atoms with E-state index in [2.05, 4.69) is 14.8 Å². The second-order valence-electron chi connectivity index (χ2n) is 6.93. The number of rotatable bonds is 5. The van der Waals surface area contributed by atoms with Gasteiger partial charge in [-0.15, -0.1) is 0 Å². The van der Waals surface area contributed by atoms with E-state index in [1.807, 2.05) is 25.1 Å². The number of carbonyl (C=O) groups excluding carboxylic acids is 2. The third-order valence-electron chi connectivity index (χ3n) is 5.26. The Morgan fingerprint density at radius 3 is 2.43 bits per heavy atom. The SMILES string of the molecule is CCOc1ccc(N2C(=O)CC(N3CCN(c4ccccn4)CC3)C2=O)cc1. The number of piperazine rings is 1. The highest BCUT2D eigenvalue weighted by atomic mass is 16.5. The van der Waals surface area contributed by atoms with Gasteiger partial charge in [-0.3, -0.25) is 14.5 Å². The lowest BCUT2D eigenvalue weighted by Gasteiger charge is -2.37. The fraction of sp³-hybridized carbons (Fsp3) is 0.381. The van der Waals surface area contributed by atoms with Crippen molar-refractivity contribution in [2.24, 2.45) is 0 Å². The molecule has 1 atom stereocenters. The van der Waals surface area contributed by atoms with Gasteiger partial charge in [0.15, 0.2) is 0 Å². The lowest BCUT2D eigenvalue weighted by molar-refractivity contribution is -0.123. The van der Waals surface area contributed by atoms with Gasteiger partial charge < -0.3 is 9.64 Å². The third-order valence-corrected chi connectivity index (χ3v) is 5.26. The van der Waals surface area contributed by atoms with Crippen molar-refractivity contribution in [1.82, 2.24) is 9.88 Å². The number of carbonyl (C=O) groups is 2. The summed E-state index contributed by atoms with van der Waals surface area (Å²) in [5.41, 5.74) is 0.605. The van der Waals surface area contributed by atoms with Crippen molar-refractivity contribution in [3.05, 3.63) is 48.7 Å². The largest absolute Gasteiger partial charge is 0.494 e. The predicted octanol–water partition coefficient (Wildman–Crippen LogP) is 1.93. The summed E-state index contributed by atoms with van der Waals surface area (Å²) < 4.78 is 5.43. The maximum Gasteiger partial charge on any atom is 0.251 e. The predicted molar refractivity (Wildman–Crippen MR) is 107 cm³/mol. The minimum Gasteiger partial charge on any atom is -0.494 e. The fourth-order valence-electron chi connectivity index (χ4n) is 3.83. The highest BCUT2D eigenvalue weighted by molar-refractivity contribution is 6.22. The summed E-state index contributed by atoms with van der Waals surface area (Å²) in [7, 11) is 0. The Balaban J connectivity index is 1.41. The highest BCUT2D eigenvalue weighted by Gasteiger charge is 2.43. The minimum atomic E-state index is -0.384. The maximum absolute atomic E-state index is 13.0. The molecule has 2 aliphatic rings. The van der Waals surface area contributed by atoms with Gasteiger partial charge in [-0.25, -0.2) is 9.88 Å². The molecule has 7 nitrogen and oxygen atoms in total. The van der Waals surface area contributed by atoms with Crippen molar-refractivity contribution in [1.29, 1.82) is 0 Å². The molecule has 2 aromatic rings. The number of hydrogen-bond donors (Lipinski definition) is 0. The van der Waals surface area contributed by atoms with Crippen LogP contribution in [0, 0.1) is 0 Å². The molecular formula is C21H24N4O3. The number of hydrogen-bond acceptors (Lipinski definition) is 6. The molecule has 7 heteroatoms. The molecule has 0 N–H and O–H groups in total. The van der Waals surface area contributed by atoms with Crippen LogP contribution >= 0.6 is 0 Å². The Morgan fingerprint density at radius 2 is 1.79 bits per heavy atom. The number of ether oxygens (including phenoxy) is 1. The van der Waals surface area contributed by atoms with Gasteiger partial charge in [-0.2, -0.15) is 0 Å². The number of amides is 2. The van der Waals surface area contributed by atoms with E-state index in [1.54, 1.807) is 30.5 Å². The van der Waals surface area contributed by atoms with E-state index < -0.39 is 0 Å². The minimum absolute atomic E-state index is 0.138. The normalized spacial score (nSPS) is 20.7. The van der Waals surface area contributed by atoms with Crippen LogP contribution in [-0.4, -0.2) is 60.5 Å². The summed E-state index contributed by atoms with van der Waals surface area (Å²) in [6.45, 7) is 5.54. The fourth-order valence-corrected chi connectivity index (χ4v) is 3.83. The van der Waals surface area contributed by atoms with Crippen LogP contribution < -0.4 is 14.5 Å². The van der Waals surface area contributed by atoms with Gasteiger partial charge in [0.2, 0.25) is 5.91 Å². The Morgan fingerprint density at radius 1 is 1.04 bits per heavy atom. The molecule has 0 saturated carbocycles. The van der Waals surface area contributed by atoms with Crippen LogP contribution in [-0.2, 0) is 9.59 Å².